The van der Waals surface area contributed by atoms with Crippen LogP contribution in [0.5, 0.6) is 5.75 Å². The second-order valence-electron chi connectivity index (χ2n) is 6.02. The van der Waals surface area contributed by atoms with Gasteiger partial charge in [0.2, 0.25) is 0 Å². The number of nitrogens with one attached hydrogen (secondary N) is 1. The van der Waals surface area contributed by atoms with Crippen LogP contribution in [-0.4, -0.2) is 15.8 Å². The summed E-state index contributed by atoms with van der Waals surface area (Å²) in [6, 6.07) is 5.19. The van der Waals surface area contributed by atoms with Gasteiger partial charge in [0.15, 0.2) is 0 Å². The molecule has 0 unspecified atom stereocenters. The van der Waals surface area contributed by atoms with Crippen molar-refractivity contribution in [3.63, 3.8) is 0 Å². The summed E-state index contributed by atoms with van der Waals surface area (Å²) in [6.45, 7) is 5.75. The van der Waals surface area contributed by atoms with Crippen molar-refractivity contribution in [2.75, 3.05) is 0 Å². The van der Waals surface area contributed by atoms with Gasteiger partial charge in [-0.1, -0.05) is 12.1 Å². The van der Waals surface area contributed by atoms with Gasteiger partial charge in [-0.3, -0.25) is 4.68 Å². The average Bonchev–Trinajstić information content (AvgIpc) is 3.17. The number of aromatic nitrogens is 2. The number of rotatable bonds is 6. The summed E-state index contributed by atoms with van der Waals surface area (Å²) in [5.41, 5.74) is 4.83. The van der Waals surface area contributed by atoms with Crippen molar-refractivity contribution in [2.24, 2.45) is 7.05 Å². The number of ether oxygens (including phenoxy) is 1. The molecule has 4 nitrogen and oxygen atoms in total. The largest absolute Gasteiger partial charge is 0.488 e. The van der Waals surface area contributed by atoms with Gasteiger partial charge in [-0.2, -0.15) is 5.10 Å². The van der Waals surface area contributed by atoms with Gasteiger partial charge in [0.05, 0.1) is 6.20 Å². The normalized spacial score (nSPS) is 14.4. The lowest BCUT2D eigenvalue weighted by Crippen LogP contribution is -2.15. The highest BCUT2D eigenvalue weighted by Gasteiger charge is 2.20. The lowest BCUT2D eigenvalue weighted by atomic mass is 10.1. The third-order valence-electron chi connectivity index (χ3n) is 3.83. The summed E-state index contributed by atoms with van der Waals surface area (Å²) >= 11 is 0. The Kier molecular flexibility index (Phi) is 3.97. The van der Waals surface area contributed by atoms with E-state index in [1.165, 1.54) is 29.5 Å². The SMILES string of the molecule is Cc1cc(CNC2CC2)cc(C)c1OCc1cnn(C)c1. The Morgan fingerprint density at radius 1 is 1.24 bits per heavy atom. The fourth-order valence-electron chi connectivity index (χ4n) is 2.62. The van der Waals surface area contributed by atoms with Crippen molar-refractivity contribution < 1.29 is 4.74 Å². The second-order valence-corrected chi connectivity index (χ2v) is 6.02. The molecule has 21 heavy (non-hydrogen) atoms. The zero-order valence-corrected chi connectivity index (χ0v) is 13.0. The third-order valence-corrected chi connectivity index (χ3v) is 3.83. The quantitative estimate of drug-likeness (QED) is 0.887. The molecule has 1 heterocycles. The number of nitrogens with zero attached hydrogens (tertiary/aromatic N) is 2. The molecule has 3 rings (SSSR count). The molecule has 1 fully saturated rings. The highest BCUT2D eigenvalue weighted by Crippen LogP contribution is 2.26. The first-order valence-electron chi connectivity index (χ1n) is 7.55. The van der Waals surface area contributed by atoms with Crippen molar-refractivity contribution in [2.45, 2.75) is 45.9 Å². The zero-order valence-electron chi connectivity index (χ0n) is 13.0. The maximum Gasteiger partial charge on any atom is 0.125 e. The molecule has 1 aromatic carbocycles. The Balaban J connectivity index is 1.66. The van der Waals surface area contributed by atoms with Crippen LogP contribution in [-0.2, 0) is 20.2 Å². The van der Waals surface area contributed by atoms with E-state index in [2.05, 4.69) is 36.4 Å². The van der Waals surface area contributed by atoms with E-state index in [-0.39, 0.29) is 0 Å². The molecule has 1 N–H and O–H groups in total. The van der Waals surface area contributed by atoms with Crippen molar-refractivity contribution in [1.29, 1.82) is 0 Å². The third kappa shape index (κ3) is 3.64. The molecule has 1 aliphatic carbocycles. The number of aryl methyl sites for hydroxylation is 3. The summed E-state index contributed by atoms with van der Waals surface area (Å²) < 4.78 is 7.78. The van der Waals surface area contributed by atoms with Gasteiger partial charge in [-0.05, 0) is 43.4 Å². The van der Waals surface area contributed by atoms with E-state index < -0.39 is 0 Å². The minimum absolute atomic E-state index is 0.565. The van der Waals surface area contributed by atoms with Crippen molar-refractivity contribution in [1.82, 2.24) is 15.1 Å². The van der Waals surface area contributed by atoms with E-state index in [0.717, 1.165) is 23.9 Å². The smallest absolute Gasteiger partial charge is 0.125 e. The summed E-state index contributed by atoms with van der Waals surface area (Å²) in [5, 5.41) is 7.72. The highest BCUT2D eigenvalue weighted by molar-refractivity contribution is 5.43. The number of hydrogen-bond donors (Lipinski definition) is 1. The van der Waals surface area contributed by atoms with Gasteiger partial charge in [-0.15, -0.1) is 0 Å². The molecule has 0 aliphatic heterocycles. The maximum atomic E-state index is 5.99. The van der Waals surface area contributed by atoms with Crippen LogP contribution in [0.3, 0.4) is 0 Å². The Morgan fingerprint density at radius 3 is 2.52 bits per heavy atom. The lowest BCUT2D eigenvalue weighted by Gasteiger charge is -2.14. The van der Waals surface area contributed by atoms with Gasteiger partial charge in [0.1, 0.15) is 12.4 Å². The van der Waals surface area contributed by atoms with Crippen LogP contribution in [0.25, 0.3) is 0 Å². The maximum absolute atomic E-state index is 5.99. The van der Waals surface area contributed by atoms with Crippen LogP contribution in [0, 0.1) is 13.8 Å². The van der Waals surface area contributed by atoms with Crippen molar-refractivity contribution in [3.8, 4) is 5.75 Å². The first-order valence-corrected chi connectivity index (χ1v) is 7.55. The Bertz CT molecular complexity index is 606. The molecule has 4 heteroatoms. The minimum atomic E-state index is 0.565. The predicted molar refractivity (Wildman–Crippen MR) is 83.3 cm³/mol. The fourth-order valence-corrected chi connectivity index (χ4v) is 2.62. The summed E-state index contributed by atoms with van der Waals surface area (Å²) in [6.07, 6.45) is 6.48. The number of benzene rings is 1. The number of hydrogen-bond acceptors (Lipinski definition) is 3. The van der Waals surface area contributed by atoms with E-state index in [1.807, 2.05) is 19.4 Å². The predicted octanol–water partition coefficient (Wildman–Crippen LogP) is 2.87. The highest BCUT2D eigenvalue weighted by atomic mass is 16.5. The van der Waals surface area contributed by atoms with Crippen LogP contribution in [0.4, 0.5) is 0 Å². The van der Waals surface area contributed by atoms with Crippen molar-refractivity contribution >= 4 is 0 Å². The molecule has 0 radical (unpaired) electrons. The fraction of sp³-hybridized carbons (Fsp3) is 0.471. The Morgan fingerprint density at radius 2 is 1.95 bits per heavy atom. The van der Waals surface area contributed by atoms with E-state index in [0.29, 0.717) is 6.61 Å². The molecule has 0 atom stereocenters. The molecule has 1 saturated carbocycles. The standard InChI is InChI=1S/C17H23N3O/c1-12-6-14(8-18-16-4-5-16)7-13(2)17(12)21-11-15-9-19-20(3)10-15/h6-7,9-10,16,18H,4-5,8,11H2,1-3H3. The Labute approximate surface area is 126 Å². The molecular weight excluding hydrogens is 262 g/mol. The Hall–Kier alpha value is -1.81. The van der Waals surface area contributed by atoms with Gasteiger partial charge in [0, 0.05) is 31.4 Å². The first kappa shape index (κ1) is 14.1. The van der Waals surface area contributed by atoms with E-state index in [4.69, 9.17) is 4.74 Å². The van der Waals surface area contributed by atoms with Crippen LogP contribution < -0.4 is 10.1 Å². The molecule has 1 aromatic heterocycles. The van der Waals surface area contributed by atoms with E-state index in [9.17, 15) is 0 Å². The van der Waals surface area contributed by atoms with Crippen LogP contribution in [0.2, 0.25) is 0 Å². The molecule has 0 saturated heterocycles. The van der Waals surface area contributed by atoms with Gasteiger partial charge in [0.25, 0.3) is 0 Å². The van der Waals surface area contributed by atoms with Crippen LogP contribution in [0.1, 0.15) is 35.1 Å². The molecule has 0 spiro atoms. The summed E-state index contributed by atoms with van der Waals surface area (Å²) in [7, 11) is 1.92. The van der Waals surface area contributed by atoms with Crippen molar-refractivity contribution in [3.05, 3.63) is 46.8 Å². The van der Waals surface area contributed by atoms with Gasteiger partial charge < -0.3 is 10.1 Å². The summed E-state index contributed by atoms with van der Waals surface area (Å²) in [4.78, 5) is 0. The molecule has 0 amide bonds. The van der Waals surface area contributed by atoms with Crippen LogP contribution in [0.15, 0.2) is 24.5 Å². The molecular formula is C17H23N3O. The van der Waals surface area contributed by atoms with Gasteiger partial charge in [-0.25, -0.2) is 0 Å². The topological polar surface area (TPSA) is 39.1 Å². The lowest BCUT2D eigenvalue weighted by molar-refractivity contribution is 0.301. The minimum Gasteiger partial charge on any atom is -0.488 e. The van der Waals surface area contributed by atoms with E-state index >= 15 is 0 Å². The second kappa shape index (κ2) is 5.90. The average molecular weight is 285 g/mol. The molecule has 2 aromatic rings. The molecule has 1 aliphatic rings. The molecule has 0 bridgehead atoms. The monoisotopic (exact) mass is 285 g/mol. The first-order chi connectivity index (χ1) is 10.1. The zero-order chi connectivity index (χ0) is 14.8. The van der Waals surface area contributed by atoms with E-state index in [1.54, 1.807) is 4.68 Å². The van der Waals surface area contributed by atoms with Crippen LogP contribution >= 0.6 is 0 Å². The summed E-state index contributed by atoms with van der Waals surface area (Å²) in [5.74, 6) is 0.994. The van der Waals surface area contributed by atoms with Gasteiger partial charge >= 0.3 is 0 Å². The molecule has 112 valence electrons.